The Labute approximate surface area is 42.2 Å². The molecule has 0 saturated carbocycles. The first-order valence-electron chi connectivity index (χ1n) is 2.18. The molecule has 0 aromatic rings. The summed E-state index contributed by atoms with van der Waals surface area (Å²) in [4.78, 5) is 0. The number of allylic oxidation sites excluding steroid dienone is 1. The second-order valence-electron chi connectivity index (χ2n) is 1.38. The minimum absolute atomic E-state index is 0.297. The van der Waals surface area contributed by atoms with Gasteiger partial charge in [0.2, 0.25) is 0 Å². The number of hydrogen-bond acceptors (Lipinski definition) is 2. The van der Waals surface area contributed by atoms with E-state index in [1.807, 2.05) is 6.08 Å². The molecule has 0 saturated heterocycles. The van der Waals surface area contributed by atoms with Crippen LogP contribution in [0.1, 0.15) is 0 Å². The van der Waals surface area contributed by atoms with Crippen molar-refractivity contribution >= 4 is 0 Å². The minimum atomic E-state index is 0.297. The van der Waals surface area contributed by atoms with Gasteiger partial charge in [0.1, 0.15) is 5.76 Å². The normalized spacial score (nSPS) is 18.0. The zero-order valence-electron chi connectivity index (χ0n) is 3.89. The minimum Gasteiger partial charge on any atom is -0.506 e. The van der Waals surface area contributed by atoms with E-state index in [1.54, 1.807) is 12.3 Å². The molecule has 0 fully saturated rings. The van der Waals surface area contributed by atoms with Crippen LogP contribution in [0.15, 0.2) is 24.1 Å². The number of aliphatic hydroxyl groups excluding tert-OH is 1. The van der Waals surface area contributed by atoms with Gasteiger partial charge in [0.15, 0.2) is 0 Å². The average molecular weight is 97.1 g/mol. The summed E-state index contributed by atoms with van der Waals surface area (Å²) in [6, 6.07) is 0. The molecule has 0 aliphatic carbocycles. The molecule has 0 aromatic heterocycles. The second-order valence-corrected chi connectivity index (χ2v) is 1.38. The van der Waals surface area contributed by atoms with Crippen LogP contribution in [0.5, 0.6) is 0 Å². The van der Waals surface area contributed by atoms with E-state index in [0.717, 1.165) is 6.54 Å². The van der Waals surface area contributed by atoms with Gasteiger partial charge >= 0.3 is 0 Å². The first kappa shape index (κ1) is 4.24. The van der Waals surface area contributed by atoms with Crippen LogP contribution < -0.4 is 5.32 Å². The Morgan fingerprint density at radius 1 is 1.71 bits per heavy atom. The predicted molar refractivity (Wildman–Crippen MR) is 27.9 cm³/mol. The number of rotatable bonds is 0. The van der Waals surface area contributed by atoms with Crippen molar-refractivity contribution in [1.29, 1.82) is 0 Å². The first-order valence-corrected chi connectivity index (χ1v) is 2.18. The lowest BCUT2D eigenvalue weighted by molar-refractivity contribution is 0.425. The predicted octanol–water partition coefficient (Wildman–Crippen LogP) is 0.545. The van der Waals surface area contributed by atoms with Crippen LogP contribution in [-0.2, 0) is 0 Å². The number of nitrogens with one attached hydrogen (secondary N) is 1. The van der Waals surface area contributed by atoms with Crippen LogP contribution in [0.25, 0.3) is 0 Å². The molecule has 0 radical (unpaired) electrons. The van der Waals surface area contributed by atoms with E-state index in [1.165, 1.54) is 0 Å². The number of dihydropyridines is 1. The fourth-order valence-electron chi connectivity index (χ4n) is 0.459. The first-order chi connectivity index (χ1) is 3.39. The van der Waals surface area contributed by atoms with Crippen molar-refractivity contribution < 1.29 is 5.11 Å². The van der Waals surface area contributed by atoms with E-state index >= 15 is 0 Å². The summed E-state index contributed by atoms with van der Waals surface area (Å²) in [5.41, 5.74) is 0. The van der Waals surface area contributed by atoms with Gasteiger partial charge in [-0.25, -0.2) is 0 Å². The highest BCUT2D eigenvalue weighted by Crippen LogP contribution is 1.91. The molecule has 0 atom stereocenters. The second kappa shape index (κ2) is 1.69. The van der Waals surface area contributed by atoms with E-state index in [4.69, 9.17) is 5.11 Å². The fraction of sp³-hybridized carbons (Fsp3) is 0.200. The lowest BCUT2D eigenvalue weighted by Crippen LogP contribution is -2.08. The molecule has 2 N–H and O–H groups in total. The van der Waals surface area contributed by atoms with Crippen molar-refractivity contribution in [3.05, 3.63) is 24.1 Å². The highest BCUT2D eigenvalue weighted by atomic mass is 16.3. The number of aliphatic hydroxyl groups is 1. The van der Waals surface area contributed by atoms with Gasteiger partial charge in [-0.2, -0.15) is 0 Å². The summed E-state index contributed by atoms with van der Waals surface area (Å²) < 4.78 is 0. The van der Waals surface area contributed by atoms with Gasteiger partial charge in [0.05, 0.1) is 0 Å². The molecule has 0 bridgehead atoms. The zero-order valence-corrected chi connectivity index (χ0v) is 3.89. The number of hydrogen-bond donors (Lipinski definition) is 2. The monoisotopic (exact) mass is 97.1 g/mol. The standard InChI is InChI=1S/C5H7NO/c7-5-2-1-3-6-4-5/h1-2,4,6-7H,3H2. The Morgan fingerprint density at radius 2 is 2.57 bits per heavy atom. The Bertz CT molecular complexity index is 115. The molecule has 0 unspecified atom stereocenters. The Kier molecular flexibility index (Phi) is 1.02. The molecular formula is C5H7NO. The van der Waals surface area contributed by atoms with E-state index in [-0.39, 0.29) is 0 Å². The summed E-state index contributed by atoms with van der Waals surface area (Å²) in [5.74, 6) is 0.297. The van der Waals surface area contributed by atoms with Gasteiger partial charge in [-0.05, 0) is 6.08 Å². The fourth-order valence-corrected chi connectivity index (χ4v) is 0.459. The van der Waals surface area contributed by atoms with Gasteiger partial charge in [-0.1, -0.05) is 6.08 Å². The molecule has 0 amide bonds. The third kappa shape index (κ3) is 0.961. The highest BCUT2D eigenvalue weighted by molar-refractivity contribution is 5.13. The molecule has 1 heterocycles. The quantitative estimate of drug-likeness (QED) is 0.462. The highest BCUT2D eigenvalue weighted by Gasteiger charge is 1.86. The Hall–Kier alpha value is -0.920. The van der Waals surface area contributed by atoms with Gasteiger partial charge in [0.25, 0.3) is 0 Å². The maximum Gasteiger partial charge on any atom is 0.130 e. The van der Waals surface area contributed by atoms with Crippen LogP contribution >= 0.6 is 0 Å². The summed E-state index contributed by atoms with van der Waals surface area (Å²) in [7, 11) is 0. The van der Waals surface area contributed by atoms with Gasteiger partial charge < -0.3 is 10.4 Å². The van der Waals surface area contributed by atoms with Crippen molar-refractivity contribution in [3.8, 4) is 0 Å². The maximum atomic E-state index is 8.62. The molecule has 0 spiro atoms. The zero-order chi connectivity index (χ0) is 5.11. The molecule has 7 heavy (non-hydrogen) atoms. The molecule has 38 valence electrons. The van der Waals surface area contributed by atoms with E-state index in [0.29, 0.717) is 5.76 Å². The molecule has 1 aliphatic heterocycles. The van der Waals surface area contributed by atoms with Crippen LogP contribution in [0, 0.1) is 0 Å². The van der Waals surface area contributed by atoms with Crippen LogP contribution in [0.4, 0.5) is 0 Å². The van der Waals surface area contributed by atoms with Gasteiger partial charge in [-0.3, -0.25) is 0 Å². The van der Waals surface area contributed by atoms with Crippen molar-refractivity contribution in [1.82, 2.24) is 5.32 Å². The third-order valence-electron chi connectivity index (χ3n) is 0.774. The summed E-state index contributed by atoms with van der Waals surface area (Å²) in [6.45, 7) is 0.823. The lowest BCUT2D eigenvalue weighted by atomic mass is 10.4. The van der Waals surface area contributed by atoms with Gasteiger partial charge in [-0.15, -0.1) is 0 Å². The third-order valence-corrected chi connectivity index (χ3v) is 0.774. The van der Waals surface area contributed by atoms with Crippen LogP contribution in [0.3, 0.4) is 0 Å². The maximum absolute atomic E-state index is 8.62. The Morgan fingerprint density at radius 3 is 2.86 bits per heavy atom. The summed E-state index contributed by atoms with van der Waals surface area (Å²) in [6.07, 6.45) is 5.09. The molecule has 1 aliphatic rings. The smallest absolute Gasteiger partial charge is 0.130 e. The SMILES string of the molecule is OC1=CNCC=C1. The van der Waals surface area contributed by atoms with E-state index in [2.05, 4.69) is 5.32 Å². The van der Waals surface area contributed by atoms with Crippen molar-refractivity contribution in [2.75, 3.05) is 6.54 Å². The Balaban J connectivity index is 2.58. The topological polar surface area (TPSA) is 32.3 Å². The van der Waals surface area contributed by atoms with Crippen LogP contribution in [-0.4, -0.2) is 11.7 Å². The van der Waals surface area contributed by atoms with Crippen molar-refractivity contribution in [2.45, 2.75) is 0 Å². The van der Waals surface area contributed by atoms with Gasteiger partial charge in [0, 0.05) is 12.7 Å². The van der Waals surface area contributed by atoms with Crippen molar-refractivity contribution in [3.63, 3.8) is 0 Å². The molecule has 1 rings (SSSR count). The summed E-state index contributed by atoms with van der Waals surface area (Å²) >= 11 is 0. The molecule has 0 aromatic carbocycles. The largest absolute Gasteiger partial charge is 0.506 e. The molecular weight excluding hydrogens is 90.1 g/mol. The van der Waals surface area contributed by atoms with Crippen LogP contribution in [0.2, 0.25) is 0 Å². The van der Waals surface area contributed by atoms with E-state index < -0.39 is 0 Å². The summed E-state index contributed by atoms with van der Waals surface area (Å²) in [5, 5.41) is 11.5. The van der Waals surface area contributed by atoms with Crippen molar-refractivity contribution in [2.24, 2.45) is 0 Å². The van der Waals surface area contributed by atoms with E-state index in [9.17, 15) is 0 Å². The average Bonchev–Trinajstić information content (AvgIpc) is 1.69. The molecule has 2 nitrogen and oxygen atoms in total. The molecule has 2 heteroatoms. The lowest BCUT2D eigenvalue weighted by Gasteiger charge is -1.99.